The molecule has 1 amide bonds. The number of amides is 1. The maximum atomic E-state index is 12.3. The first-order valence-electron chi connectivity index (χ1n) is 8.17. The summed E-state index contributed by atoms with van der Waals surface area (Å²) in [5.74, 6) is -1.19. The van der Waals surface area contributed by atoms with Gasteiger partial charge in [-0.2, -0.15) is 5.26 Å². The number of carbonyl (C=O) groups excluding carboxylic acids is 2. The number of nitrogens with zero attached hydrogens (tertiary/aromatic N) is 2. The van der Waals surface area contributed by atoms with Crippen LogP contribution < -0.4 is 5.32 Å². The lowest BCUT2D eigenvalue weighted by atomic mass is 9.98. The molecule has 1 aliphatic heterocycles. The first-order valence-corrected chi connectivity index (χ1v) is 8.17. The largest absolute Gasteiger partial charge is 0.506 e. The van der Waals surface area contributed by atoms with Crippen molar-refractivity contribution in [3.63, 3.8) is 0 Å². The highest BCUT2D eigenvalue weighted by Gasteiger charge is 2.26. The Kier molecular flexibility index (Phi) is 6.40. The second-order valence-electron chi connectivity index (χ2n) is 5.71. The number of aromatic hydroxyl groups is 1. The van der Waals surface area contributed by atoms with E-state index in [0.29, 0.717) is 19.7 Å². The summed E-state index contributed by atoms with van der Waals surface area (Å²) < 4.78 is 5.04. The highest BCUT2D eigenvalue weighted by molar-refractivity contribution is 6.07. The third kappa shape index (κ3) is 4.98. The van der Waals surface area contributed by atoms with Gasteiger partial charge in [0, 0.05) is 19.3 Å². The molecule has 1 aromatic carbocycles. The van der Waals surface area contributed by atoms with Crippen molar-refractivity contribution in [1.82, 2.24) is 4.90 Å². The van der Waals surface area contributed by atoms with Gasteiger partial charge in [0.1, 0.15) is 17.4 Å². The molecule has 1 aliphatic rings. The van der Waals surface area contributed by atoms with Gasteiger partial charge in [-0.05, 0) is 31.9 Å². The Morgan fingerprint density at radius 3 is 2.92 bits per heavy atom. The minimum Gasteiger partial charge on any atom is -0.506 e. The molecule has 1 saturated heterocycles. The molecule has 2 N–H and O–H groups in total. The molecule has 1 aromatic rings. The number of anilines is 1. The molecule has 25 heavy (non-hydrogen) atoms. The van der Waals surface area contributed by atoms with E-state index in [9.17, 15) is 20.0 Å². The van der Waals surface area contributed by atoms with E-state index < -0.39 is 5.91 Å². The zero-order valence-electron chi connectivity index (χ0n) is 14.1. The number of hydrogen-bond acceptors (Lipinski definition) is 6. The zero-order valence-corrected chi connectivity index (χ0v) is 14.1. The summed E-state index contributed by atoms with van der Waals surface area (Å²) >= 11 is 0. The summed E-state index contributed by atoms with van der Waals surface area (Å²) in [6.45, 7) is 3.16. The summed E-state index contributed by atoms with van der Waals surface area (Å²) in [6.07, 6.45) is 2.97. The minimum atomic E-state index is -0.609. The topological polar surface area (TPSA) is 103 Å². The van der Waals surface area contributed by atoms with Gasteiger partial charge in [0.05, 0.1) is 18.2 Å². The molecule has 0 bridgehead atoms. The first-order chi connectivity index (χ1) is 12.0. The Labute approximate surface area is 146 Å². The van der Waals surface area contributed by atoms with Gasteiger partial charge in [0.15, 0.2) is 0 Å². The van der Waals surface area contributed by atoms with E-state index in [0.717, 1.165) is 12.8 Å². The van der Waals surface area contributed by atoms with Crippen molar-refractivity contribution in [2.75, 3.05) is 25.0 Å². The number of nitrogens with one attached hydrogen (secondary N) is 1. The van der Waals surface area contributed by atoms with Crippen molar-refractivity contribution in [1.29, 1.82) is 5.26 Å². The average molecular weight is 343 g/mol. The lowest BCUT2D eigenvalue weighted by Crippen LogP contribution is -2.37. The fraction of sp³-hybridized carbons (Fsp3) is 0.389. The molecule has 7 heteroatoms. The number of phenolic OH excluding ortho intramolecular Hbond substituents is 1. The average Bonchev–Trinajstić information content (AvgIpc) is 2.62. The van der Waals surface area contributed by atoms with Crippen molar-refractivity contribution >= 4 is 17.6 Å². The van der Waals surface area contributed by atoms with Crippen molar-refractivity contribution in [3.8, 4) is 11.8 Å². The highest BCUT2D eigenvalue weighted by Crippen LogP contribution is 2.23. The van der Waals surface area contributed by atoms with Crippen LogP contribution >= 0.6 is 0 Å². The Balaban J connectivity index is 2.06. The van der Waals surface area contributed by atoms with Crippen LogP contribution in [0.1, 0.15) is 19.8 Å². The Morgan fingerprint density at radius 1 is 1.48 bits per heavy atom. The molecule has 1 heterocycles. The number of likely N-dealkylation sites (tertiary alicyclic amines) is 1. The van der Waals surface area contributed by atoms with Crippen LogP contribution in [0.5, 0.6) is 5.75 Å². The summed E-state index contributed by atoms with van der Waals surface area (Å²) in [6, 6.07) is 8.15. The minimum absolute atomic E-state index is 0.0755. The van der Waals surface area contributed by atoms with Gasteiger partial charge in [-0.15, -0.1) is 0 Å². The van der Waals surface area contributed by atoms with Crippen LogP contribution in [0.15, 0.2) is 36.0 Å². The molecule has 7 nitrogen and oxygen atoms in total. The van der Waals surface area contributed by atoms with Crippen LogP contribution in [0, 0.1) is 17.2 Å². The number of piperidine rings is 1. The number of carbonyl (C=O) groups is 2. The number of ether oxygens (including phenoxy) is 1. The molecule has 132 valence electrons. The smallest absolute Gasteiger partial charge is 0.310 e. The van der Waals surface area contributed by atoms with Crippen LogP contribution in [0.2, 0.25) is 0 Å². The predicted octanol–water partition coefficient (Wildman–Crippen LogP) is 2.01. The van der Waals surface area contributed by atoms with Crippen molar-refractivity contribution in [2.45, 2.75) is 19.8 Å². The van der Waals surface area contributed by atoms with Gasteiger partial charge >= 0.3 is 5.97 Å². The van der Waals surface area contributed by atoms with Gasteiger partial charge in [-0.3, -0.25) is 9.59 Å². The number of rotatable bonds is 5. The Bertz CT molecular complexity index is 709. The summed E-state index contributed by atoms with van der Waals surface area (Å²) in [4.78, 5) is 25.9. The number of benzene rings is 1. The monoisotopic (exact) mass is 343 g/mol. The standard InChI is InChI=1S/C18H21N3O4/c1-2-25-18(24)13-6-5-9-21(11-13)12-14(10-19)17(23)20-15-7-3-4-8-16(15)22/h3-4,7-8,12-13,22H,2,5-6,9,11H2,1H3,(H,20,23)/b14-12-. The Hall–Kier alpha value is -3.01. The predicted molar refractivity (Wildman–Crippen MR) is 91.4 cm³/mol. The normalized spacial score (nSPS) is 17.5. The maximum Gasteiger partial charge on any atom is 0.310 e. The van der Waals surface area contributed by atoms with Gasteiger partial charge in [-0.25, -0.2) is 0 Å². The third-order valence-electron chi connectivity index (χ3n) is 3.90. The van der Waals surface area contributed by atoms with Crippen LogP contribution in [0.3, 0.4) is 0 Å². The van der Waals surface area contributed by atoms with E-state index in [1.165, 1.54) is 12.3 Å². The van der Waals surface area contributed by atoms with Gasteiger partial charge < -0.3 is 20.1 Å². The number of hydrogen-bond donors (Lipinski definition) is 2. The van der Waals surface area contributed by atoms with E-state index in [4.69, 9.17) is 4.74 Å². The van der Waals surface area contributed by atoms with Gasteiger partial charge in [0.2, 0.25) is 0 Å². The van der Waals surface area contributed by atoms with E-state index in [2.05, 4.69) is 5.32 Å². The molecule has 0 radical (unpaired) electrons. The van der Waals surface area contributed by atoms with Crippen molar-refractivity contribution in [2.24, 2.45) is 5.92 Å². The second kappa shape index (κ2) is 8.73. The Morgan fingerprint density at radius 2 is 2.24 bits per heavy atom. The van der Waals surface area contributed by atoms with Crippen LogP contribution in [0.4, 0.5) is 5.69 Å². The number of phenols is 1. The maximum absolute atomic E-state index is 12.3. The van der Waals surface area contributed by atoms with Gasteiger partial charge in [0.25, 0.3) is 5.91 Å². The zero-order chi connectivity index (χ0) is 18.2. The molecule has 1 atom stereocenters. The SMILES string of the molecule is CCOC(=O)C1CCCN(/C=C(/C#N)C(=O)Nc2ccccc2O)C1. The highest BCUT2D eigenvalue weighted by atomic mass is 16.5. The van der Waals surface area contributed by atoms with Crippen LogP contribution in [-0.2, 0) is 14.3 Å². The van der Waals surface area contributed by atoms with E-state index >= 15 is 0 Å². The van der Waals surface area contributed by atoms with Crippen LogP contribution in [-0.4, -0.2) is 41.6 Å². The number of esters is 1. The fourth-order valence-electron chi connectivity index (χ4n) is 2.67. The molecule has 1 fully saturated rings. The van der Waals surface area contributed by atoms with E-state index in [1.807, 2.05) is 6.07 Å². The summed E-state index contributed by atoms with van der Waals surface area (Å²) in [5, 5.41) is 21.5. The van der Waals surface area contributed by atoms with E-state index in [1.54, 1.807) is 30.0 Å². The van der Waals surface area contributed by atoms with Crippen molar-refractivity contribution < 1.29 is 19.4 Å². The quantitative estimate of drug-likeness (QED) is 0.367. The summed E-state index contributed by atoms with van der Waals surface area (Å²) in [5.41, 5.74) is 0.143. The molecule has 2 rings (SSSR count). The molecule has 0 aromatic heterocycles. The van der Waals surface area contributed by atoms with Crippen LogP contribution in [0.25, 0.3) is 0 Å². The molecule has 0 spiro atoms. The van der Waals surface area contributed by atoms with Gasteiger partial charge in [-0.1, -0.05) is 12.1 Å². The molecule has 1 unspecified atom stereocenters. The third-order valence-corrected chi connectivity index (χ3v) is 3.90. The van der Waals surface area contributed by atoms with Crippen molar-refractivity contribution in [3.05, 3.63) is 36.0 Å². The molecular formula is C18H21N3O4. The number of nitriles is 1. The van der Waals surface area contributed by atoms with E-state index in [-0.39, 0.29) is 28.9 Å². The fourth-order valence-corrected chi connectivity index (χ4v) is 2.67. The lowest BCUT2D eigenvalue weighted by molar-refractivity contribution is -0.149. The molecule has 0 aliphatic carbocycles. The molecule has 0 saturated carbocycles. The number of para-hydroxylation sites is 2. The first kappa shape index (κ1) is 18.3. The lowest BCUT2D eigenvalue weighted by Gasteiger charge is -2.30. The second-order valence-corrected chi connectivity index (χ2v) is 5.71. The summed E-state index contributed by atoms with van der Waals surface area (Å²) in [7, 11) is 0. The molecular weight excluding hydrogens is 322 g/mol.